The number of methoxy groups -OCH3 is 1. The Balaban J connectivity index is 2.26. The molecule has 7 heteroatoms. The van der Waals surface area contributed by atoms with Crippen LogP contribution in [0.3, 0.4) is 0 Å². The molecule has 1 aliphatic heterocycles. The maximum Gasteiger partial charge on any atom is 0.238 e. The highest BCUT2D eigenvalue weighted by Gasteiger charge is 2.28. The molecule has 2 rings (SSSR count). The summed E-state index contributed by atoms with van der Waals surface area (Å²) >= 11 is 0. The maximum atomic E-state index is 11.4. The number of nitrogens with two attached hydrogens (primary N) is 1. The van der Waals surface area contributed by atoms with E-state index in [1.165, 1.54) is 6.07 Å². The Hall–Kier alpha value is -1.15. The van der Waals surface area contributed by atoms with Crippen LogP contribution in [0.4, 0.5) is 5.69 Å². The molecule has 0 fully saturated rings. The number of anilines is 1. The molecular formula is C13H20N2O4S. The number of primary sulfonamides is 1. The highest BCUT2D eigenvalue weighted by Crippen LogP contribution is 2.33. The molecule has 6 nitrogen and oxygen atoms in total. The predicted molar refractivity (Wildman–Crippen MR) is 76.2 cm³/mol. The number of hydrogen-bond donors (Lipinski definition) is 2. The first kappa shape index (κ1) is 15.2. The van der Waals surface area contributed by atoms with Crippen molar-refractivity contribution in [3.8, 4) is 0 Å². The molecule has 1 aliphatic rings. The first-order valence-electron chi connectivity index (χ1n) is 6.42. The average molecular weight is 300 g/mol. The Labute approximate surface area is 119 Å². The molecule has 3 N–H and O–H groups in total. The topological polar surface area (TPSA) is 92.9 Å². The normalized spacial score (nSPS) is 20.0. The molecule has 0 amide bonds. The molecule has 1 heterocycles. The summed E-state index contributed by atoms with van der Waals surface area (Å²) < 4.78 is 27.7. The Kier molecular flexibility index (Phi) is 4.33. The lowest BCUT2D eigenvalue weighted by Gasteiger charge is -2.27. The van der Waals surface area contributed by atoms with Crippen molar-refractivity contribution in [3.63, 3.8) is 0 Å². The minimum atomic E-state index is -3.68. The van der Waals surface area contributed by atoms with Gasteiger partial charge in [0.1, 0.15) is 0 Å². The predicted octanol–water partition coefficient (Wildman–Crippen LogP) is 0.0923. The highest BCUT2D eigenvalue weighted by atomic mass is 32.2. The summed E-state index contributed by atoms with van der Waals surface area (Å²) in [5.74, 6) is 0. The van der Waals surface area contributed by atoms with Gasteiger partial charge in [-0.25, -0.2) is 13.6 Å². The van der Waals surface area contributed by atoms with Crippen molar-refractivity contribution in [2.75, 3.05) is 25.2 Å². The third kappa shape index (κ3) is 3.12. The zero-order chi connectivity index (χ0) is 14.9. The van der Waals surface area contributed by atoms with Gasteiger partial charge in [-0.1, -0.05) is 0 Å². The van der Waals surface area contributed by atoms with Crippen LogP contribution in [0.2, 0.25) is 0 Å². The SMILES string of the molecule is COC[C@H](O)CN1c2ccc(S(N)(=O)=O)cc2CC1C. The number of hydrogen-bond acceptors (Lipinski definition) is 5. The quantitative estimate of drug-likeness (QED) is 0.804. The van der Waals surface area contributed by atoms with E-state index in [-0.39, 0.29) is 17.5 Å². The zero-order valence-electron chi connectivity index (χ0n) is 11.6. The molecule has 1 unspecified atom stereocenters. The van der Waals surface area contributed by atoms with Crippen LogP contribution >= 0.6 is 0 Å². The van der Waals surface area contributed by atoms with Gasteiger partial charge >= 0.3 is 0 Å². The van der Waals surface area contributed by atoms with Crippen LogP contribution in [0.5, 0.6) is 0 Å². The summed E-state index contributed by atoms with van der Waals surface area (Å²) in [5.41, 5.74) is 1.88. The van der Waals surface area contributed by atoms with Crippen LogP contribution < -0.4 is 10.0 Å². The van der Waals surface area contributed by atoms with E-state index in [0.29, 0.717) is 6.54 Å². The summed E-state index contributed by atoms with van der Waals surface area (Å²) in [5, 5.41) is 15.0. The molecule has 2 atom stereocenters. The first-order valence-corrected chi connectivity index (χ1v) is 7.97. The largest absolute Gasteiger partial charge is 0.389 e. The number of sulfonamides is 1. The Morgan fingerprint density at radius 1 is 1.55 bits per heavy atom. The monoisotopic (exact) mass is 300 g/mol. The van der Waals surface area contributed by atoms with Crippen LogP contribution in [0.25, 0.3) is 0 Å². The summed E-state index contributed by atoms with van der Waals surface area (Å²) in [6.07, 6.45) is 0.157. The summed E-state index contributed by atoms with van der Waals surface area (Å²) in [6, 6.07) is 5.07. The lowest BCUT2D eigenvalue weighted by molar-refractivity contribution is 0.0681. The molecule has 0 saturated heterocycles. The molecule has 0 aromatic heterocycles. The van der Waals surface area contributed by atoms with Gasteiger partial charge in [-0.3, -0.25) is 0 Å². The number of aliphatic hydroxyl groups excluding tert-OH is 1. The lowest BCUT2D eigenvalue weighted by Crippen LogP contribution is -2.38. The molecule has 1 aromatic carbocycles. The second kappa shape index (κ2) is 5.69. The minimum absolute atomic E-state index is 0.128. The van der Waals surface area contributed by atoms with Crippen LogP contribution in [0, 0.1) is 0 Å². The fraction of sp³-hybridized carbons (Fsp3) is 0.538. The second-order valence-corrected chi connectivity index (χ2v) is 6.71. The van der Waals surface area contributed by atoms with E-state index < -0.39 is 16.1 Å². The van der Waals surface area contributed by atoms with E-state index in [1.807, 2.05) is 6.92 Å². The van der Waals surface area contributed by atoms with Gasteiger partial charge < -0.3 is 14.7 Å². The smallest absolute Gasteiger partial charge is 0.238 e. The average Bonchev–Trinajstić information content (AvgIpc) is 2.64. The van der Waals surface area contributed by atoms with Crippen LogP contribution in [0.1, 0.15) is 12.5 Å². The number of rotatable bonds is 5. The van der Waals surface area contributed by atoms with E-state index in [1.54, 1.807) is 19.2 Å². The van der Waals surface area contributed by atoms with Gasteiger partial charge in [0, 0.05) is 25.4 Å². The number of benzene rings is 1. The van der Waals surface area contributed by atoms with Crippen molar-refractivity contribution >= 4 is 15.7 Å². The third-order valence-electron chi connectivity index (χ3n) is 3.50. The molecule has 112 valence electrons. The summed E-state index contributed by atoms with van der Waals surface area (Å²) in [4.78, 5) is 2.19. The molecule has 0 aliphatic carbocycles. The van der Waals surface area contributed by atoms with E-state index in [4.69, 9.17) is 9.88 Å². The fourth-order valence-electron chi connectivity index (χ4n) is 2.60. The molecule has 0 saturated carbocycles. The maximum absolute atomic E-state index is 11.4. The molecular weight excluding hydrogens is 280 g/mol. The van der Waals surface area contributed by atoms with Crippen molar-refractivity contribution in [1.82, 2.24) is 0 Å². The van der Waals surface area contributed by atoms with Crippen molar-refractivity contribution in [3.05, 3.63) is 23.8 Å². The fourth-order valence-corrected chi connectivity index (χ4v) is 3.16. The Bertz CT molecular complexity index is 588. The van der Waals surface area contributed by atoms with Gasteiger partial charge in [0.25, 0.3) is 0 Å². The first-order chi connectivity index (χ1) is 9.32. The molecule has 0 bridgehead atoms. The summed E-state index contributed by atoms with van der Waals surface area (Å²) in [7, 11) is -2.13. The van der Waals surface area contributed by atoms with Crippen molar-refractivity contribution < 1.29 is 18.3 Å². The lowest BCUT2D eigenvalue weighted by atomic mass is 10.1. The molecule has 20 heavy (non-hydrogen) atoms. The Morgan fingerprint density at radius 2 is 2.25 bits per heavy atom. The zero-order valence-corrected chi connectivity index (χ0v) is 12.4. The molecule has 0 spiro atoms. The number of nitrogens with zero attached hydrogens (tertiary/aromatic N) is 1. The highest BCUT2D eigenvalue weighted by molar-refractivity contribution is 7.89. The van der Waals surface area contributed by atoms with Crippen molar-refractivity contribution in [2.24, 2.45) is 5.14 Å². The number of aliphatic hydroxyl groups is 1. The molecule has 1 aromatic rings. The number of fused-ring (bicyclic) bond motifs is 1. The van der Waals surface area contributed by atoms with Crippen molar-refractivity contribution in [1.29, 1.82) is 0 Å². The third-order valence-corrected chi connectivity index (χ3v) is 4.41. The molecule has 0 radical (unpaired) electrons. The van der Waals surface area contributed by atoms with E-state index in [0.717, 1.165) is 17.7 Å². The van der Waals surface area contributed by atoms with Gasteiger partial charge in [-0.15, -0.1) is 0 Å². The van der Waals surface area contributed by atoms with Crippen LogP contribution in [0.15, 0.2) is 23.1 Å². The minimum Gasteiger partial charge on any atom is -0.389 e. The second-order valence-electron chi connectivity index (χ2n) is 5.15. The van der Waals surface area contributed by atoms with Crippen molar-refractivity contribution in [2.45, 2.75) is 30.4 Å². The van der Waals surface area contributed by atoms with Gasteiger partial charge in [-0.2, -0.15) is 0 Å². The van der Waals surface area contributed by atoms with Crippen LogP contribution in [-0.2, 0) is 21.2 Å². The van der Waals surface area contributed by atoms with Crippen LogP contribution in [-0.4, -0.2) is 45.9 Å². The van der Waals surface area contributed by atoms with Gasteiger partial charge in [0.2, 0.25) is 10.0 Å². The number of ether oxygens (including phenoxy) is 1. The van der Waals surface area contributed by atoms with Gasteiger partial charge in [-0.05, 0) is 37.1 Å². The van der Waals surface area contributed by atoms with E-state index >= 15 is 0 Å². The van der Waals surface area contributed by atoms with E-state index in [9.17, 15) is 13.5 Å². The van der Waals surface area contributed by atoms with E-state index in [2.05, 4.69) is 4.90 Å². The van der Waals surface area contributed by atoms with Gasteiger partial charge in [0.15, 0.2) is 0 Å². The van der Waals surface area contributed by atoms with Gasteiger partial charge in [0.05, 0.1) is 17.6 Å². The number of β-amino-alcohol motifs (C(OH)–C–C–N with tert-alkyl or cyclic N) is 1. The Morgan fingerprint density at radius 3 is 2.85 bits per heavy atom. The summed E-state index contributed by atoms with van der Waals surface area (Å²) in [6.45, 7) is 2.76. The standard InChI is InChI=1S/C13H20N2O4S/c1-9-5-10-6-12(20(14,17)18)3-4-13(10)15(9)7-11(16)8-19-2/h3-4,6,9,11,16H,5,7-8H2,1-2H3,(H2,14,17,18)/t9?,11-/m1/s1.